The van der Waals surface area contributed by atoms with Gasteiger partial charge in [0, 0.05) is 16.5 Å². The first-order valence-electron chi connectivity index (χ1n) is 14.1. The summed E-state index contributed by atoms with van der Waals surface area (Å²) >= 11 is 1.26. The number of hydrogen-bond acceptors (Lipinski definition) is 8. The van der Waals surface area contributed by atoms with Crippen LogP contribution >= 0.6 is 11.3 Å². The van der Waals surface area contributed by atoms with E-state index in [1.807, 2.05) is 78.9 Å². The van der Waals surface area contributed by atoms with Crippen molar-refractivity contribution in [1.82, 2.24) is 4.57 Å². The number of benzene rings is 4. The van der Waals surface area contributed by atoms with E-state index < -0.39 is 12.0 Å². The zero-order chi connectivity index (χ0) is 30.8. The summed E-state index contributed by atoms with van der Waals surface area (Å²) in [6.07, 6.45) is 1.86. The average molecular weight is 607 g/mol. The van der Waals surface area contributed by atoms with Crippen LogP contribution in [0.4, 0.5) is 0 Å². The molecular formula is C35H30N2O6S. The molecule has 5 aromatic rings. The van der Waals surface area contributed by atoms with Gasteiger partial charge in [-0.25, -0.2) is 9.79 Å². The Morgan fingerprint density at radius 3 is 2.30 bits per heavy atom. The fourth-order valence-corrected chi connectivity index (χ4v) is 6.59. The summed E-state index contributed by atoms with van der Waals surface area (Å²) in [5.74, 6) is 1.06. The maximum absolute atomic E-state index is 14.4. The van der Waals surface area contributed by atoms with Crippen molar-refractivity contribution in [2.75, 3.05) is 27.9 Å². The highest BCUT2D eigenvalue weighted by atomic mass is 32.1. The van der Waals surface area contributed by atoms with Gasteiger partial charge in [-0.1, -0.05) is 84.1 Å². The lowest BCUT2D eigenvalue weighted by Crippen LogP contribution is -2.40. The molecule has 4 aromatic carbocycles. The van der Waals surface area contributed by atoms with Crippen LogP contribution < -0.4 is 29.1 Å². The second kappa shape index (κ2) is 12.2. The minimum Gasteiger partial charge on any atom is -0.496 e. The Labute approximate surface area is 257 Å². The van der Waals surface area contributed by atoms with Gasteiger partial charge in [0.05, 0.1) is 43.7 Å². The van der Waals surface area contributed by atoms with Crippen LogP contribution in [0.1, 0.15) is 29.7 Å². The SMILES string of the molecule is CCOC(=O)C1=C(c2ccccc2)N=c2s/c(=C\c3ccc(OC)c4ccccc34)c(=O)n2[C@@H]1c1cccc(OC)c1OC. The van der Waals surface area contributed by atoms with Gasteiger partial charge >= 0.3 is 5.97 Å². The Hall–Kier alpha value is -5.15. The second-order valence-corrected chi connectivity index (χ2v) is 10.9. The third-order valence-corrected chi connectivity index (χ3v) is 8.51. The number of methoxy groups -OCH3 is 3. The summed E-state index contributed by atoms with van der Waals surface area (Å²) in [5.41, 5.74) is 2.52. The van der Waals surface area contributed by atoms with E-state index in [4.69, 9.17) is 23.9 Å². The molecule has 0 saturated heterocycles. The van der Waals surface area contributed by atoms with Gasteiger partial charge in [0.15, 0.2) is 16.3 Å². The van der Waals surface area contributed by atoms with Crippen molar-refractivity contribution in [2.24, 2.45) is 4.99 Å². The molecule has 0 aliphatic carbocycles. The van der Waals surface area contributed by atoms with Crippen molar-refractivity contribution in [1.29, 1.82) is 0 Å². The number of aromatic nitrogens is 1. The fraction of sp³-hybridized carbons (Fsp3) is 0.171. The molecule has 0 unspecified atom stereocenters. The van der Waals surface area contributed by atoms with Gasteiger partial charge < -0.3 is 18.9 Å². The van der Waals surface area contributed by atoms with Crippen molar-refractivity contribution in [3.8, 4) is 17.2 Å². The van der Waals surface area contributed by atoms with Crippen molar-refractivity contribution in [2.45, 2.75) is 13.0 Å². The molecule has 6 rings (SSSR count). The number of carbonyl (C=O) groups excluding carboxylic acids is 1. The van der Waals surface area contributed by atoms with Crippen molar-refractivity contribution in [3.63, 3.8) is 0 Å². The topological polar surface area (TPSA) is 88.4 Å². The van der Waals surface area contributed by atoms with Gasteiger partial charge in [0.2, 0.25) is 0 Å². The first-order chi connectivity index (χ1) is 21.5. The van der Waals surface area contributed by atoms with Crippen LogP contribution in [0.15, 0.2) is 100 Å². The lowest BCUT2D eigenvalue weighted by Gasteiger charge is -2.27. The molecule has 1 aromatic heterocycles. The van der Waals surface area contributed by atoms with Gasteiger partial charge in [0.25, 0.3) is 5.56 Å². The summed E-state index contributed by atoms with van der Waals surface area (Å²) in [7, 11) is 4.72. The highest BCUT2D eigenvalue weighted by molar-refractivity contribution is 7.07. The third-order valence-electron chi connectivity index (χ3n) is 7.53. The van der Waals surface area contributed by atoms with Crippen LogP contribution in [0.2, 0.25) is 0 Å². The number of carbonyl (C=O) groups is 1. The molecule has 1 atom stereocenters. The molecule has 0 spiro atoms. The average Bonchev–Trinajstić information content (AvgIpc) is 3.38. The lowest BCUT2D eigenvalue weighted by molar-refractivity contribution is -0.138. The van der Waals surface area contributed by atoms with Gasteiger partial charge in [-0.2, -0.15) is 0 Å². The molecule has 0 N–H and O–H groups in total. The van der Waals surface area contributed by atoms with Crippen molar-refractivity contribution < 1.29 is 23.7 Å². The number of thiazole rings is 1. The smallest absolute Gasteiger partial charge is 0.338 e. The summed E-state index contributed by atoms with van der Waals surface area (Å²) in [5, 5.41) is 1.88. The molecule has 0 radical (unpaired) electrons. The van der Waals surface area contributed by atoms with Gasteiger partial charge in [-0.15, -0.1) is 0 Å². The summed E-state index contributed by atoms with van der Waals surface area (Å²) < 4.78 is 24.6. The summed E-state index contributed by atoms with van der Waals surface area (Å²) in [6.45, 7) is 1.90. The number of nitrogens with zero attached hydrogens (tertiary/aromatic N) is 2. The predicted octanol–water partition coefficient (Wildman–Crippen LogP) is 5.11. The minimum atomic E-state index is -0.902. The van der Waals surface area contributed by atoms with E-state index in [1.165, 1.54) is 18.4 Å². The number of ether oxygens (including phenoxy) is 4. The van der Waals surface area contributed by atoms with E-state index in [-0.39, 0.29) is 17.7 Å². The maximum Gasteiger partial charge on any atom is 0.338 e. The largest absolute Gasteiger partial charge is 0.496 e. The Bertz CT molecular complexity index is 2100. The molecule has 9 heteroatoms. The molecule has 1 aliphatic rings. The van der Waals surface area contributed by atoms with Crippen molar-refractivity contribution >= 4 is 39.9 Å². The first-order valence-corrected chi connectivity index (χ1v) is 14.9. The second-order valence-electron chi connectivity index (χ2n) is 9.92. The molecule has 2 heterocycles. The molecule has 1 aliphatic heterocycles. The number of para-hydroxylation sites is 1. The van der Waals surface area contributed by atoms with Crippen LogP contribution in [0.25, 0.3) is 22.5 Å². The van der Waals surface area contributed by atoms with Gasteiger partial charge in [-0.3, -0.25) is 9.36 Å². The zero-order valence-electron chi connectivity index (χ0n) is 24.7. The molecule has 0 fully saturated rings. The first kappa shape index (κ1) is 28.9. The fourth-order valence-electron chi connectivity index (χ4n) is 5.60. The third kappa shape index (κ3) is 4.95. The highest BCUT2D eigenvalue weighted by Crippen LogP contribution is 2.42. The lowest BCUT2D eigenvalue weighted by atomic mass is 9.92. The van der Waals surface area contributed by atoms with E-state index in [0.717, 1.165) is 27.6 Å². The minimum absolute atomic E-state index is 0.154. The van der Waals surface area contributed by atoms with E-state index >= 15 is 0 Å². The van der Waals surface area contributed by atoms with Crippen LogP contribution in [-0.2, 0) is 9.53 Å². The number of rotatable bonds is 8. The molecule has 8 nitrogen and oxygen atoms in total. The molecular weight excluding hydrogens is 576 g/mol. The summed E-state index contributed by atoms with van der Waals surface area (Å²) in [6, 6.07) is 25.6. The zero-order valence-corrected chi connectivity index (χ0v) is 25.5. The number of fused-ring (bicyclic) bond motifs is 2. The molecule has 222 valence electrons. The quantitative estimate of drug-likeness (QED) is 0.228. The molecule has 0 saturated carbocycles. The van der Waals surface area contributed by atoms with E-state index in [0.29, 0.717) is 32.1 Å². The Morgan fingerprint density at radius 2 is 1.59 bits per heavy atom. The Morgan fingerprint density at radius 1 is 0.864 bits per heavy atom. The number of esters is 1. The molecule has 0 amide bonds. The van der Waals surface area contributed by atoms with Gasteiger partial charge in [0.1, 0.15) is 11.8 Å². The van der Waals surface area contributed by atoms with Crippen LogP contribution in [0.5, 0.6) is 17.2 Å². The predicted molar refractivity (Wildman–Crippen MR) is 171 cm³/mol. The van der Waals surface area contributed by atoms with Gasteiger partial charge in [-0.05, 0) is 36.1 Å². The van der Waals surface area contributed by atoms with Crippen LogP contribution in [0, 0.1) is 0 Å². The van der Waals surface area contributed by atoms with E-state index in [9.17, 15) is 9.59 Å². The highest BCUT2D eigenvalue weighted by Gasteiger charge is 2.37. The number of hydrogen-bond donors (Lipinski definition) is 0. The monoisotopic (exact) mass is 606 g/mol. The van der Waals surface area contributed by atoms with Crippen molar-refractivity contribution in [3.05, 3.63) is 127 Å². The van der Waals surface area contributed by atoms with E-state index in [2.05, 4.69) is 0 Å². The maximum atomic E-state index is 14.4. The molecule has 0 bridgehead atoms. The van der Waals surface area contributed by atoms with Crippen LogP contribution in [0.3, 0.4) is 0 Å². The standard InChI is InChI=1S/C35H30N2O6S/c1-5-43-34(39)29-30(21-12-7-6-8-13-21)36-35-37(31(29)25-16-11-17-27(41-3)32(25)42-4)33(38)28(44-35)20-22-18-19-26(40-2)24-15-10-9-14-23(22)24/h6-20,31H,5H2,1-4H3/b28-20-/t31-/m1/s1. The normalized spacial score (nSPS) is 14.6. The Balaban J connectivity index is 1.69. The summed E-state index contributed by atoms with van der Waals surface area (Å²) in [4.78, 5) is 33.6. The van der Waals surface area contributed by atoms with E-state index in [1.54, 1.807) is 37.8 Å². The molecule has 44 heavy (non-hydrogen) atoms. The van der Waals surface area contributed by atoms with Crippen LogP contribution in [-0.4, -0.2) is 38.5 Å². The Kier molecular flexibility index (Phi) is 8.04.